The summed E-state index contributed by atoms with van der Waals surface area (Å²) in [7, 11) is -3.59. The van der Waals surface area contributed by atoms with Crippen molar-refractivity contribution in [3.63, 3.8) is 0 Å². The minimum absolute atomic E-state index is 0.0642. The molecule has 1 aromatic carbocycles. The van der Waals surface area contributed by atoms with Gasteiger partial charge in [0, 0.05) is 17.6 Å². The second-order valence-electron chi connectivity index (χ2n) is 4.57. The molecule has 0 spiro atoms. The van der Waals surface area contributed by atoms with Gasteiger partial charge in [0.1, 0.15) is 4.90 Å². The molecule has 0 saturated carbocycles. The van der Waals surface area contributed by atoms with Gasteiger partial charge in [0.15, 0.2) is 0 Å². The van der Waals surface area contributed by atoms with Crippen LogP contribution in [0.1, 0.15) is 19.3 Å². The zero-order valence-corrected chi connectivity index (χ0v) is 12.7. The van der Waals surface area contributed by atoms with E-state index in [0.717, 1.165) is 25.8 Å². The summed E-state index contributed by atoms with van der Waals surface area (Å²) >= 11 is 11.7. The number of hydrogen-bond acceptors (Lipinski definition) is 3. The molecule has 0 aliphatic carbocycles. The van der Waals surface area contributed by atoms with Gasteiger partial charge in [-0.2, -0.15) is 0 Å². The summed E-state index contributed by atoms with van der Waals surface area (Å²) < 4.78 is 26.9. The largest absolute Gasteiger partial charge is 0.313 e. The van der Waals surface area contributed by atoms with Gasteiger partial charge in [0.05, 0.1) is 5.02 Å². The molecule has 4 nitrogen and oxygen atoms in total. The number of sulfonamides is 1. The first kappa shape index (κ1) is 15.1. The summed E-state index contributed by atoms with van der Waals surface area (Å²) in [4.78, 5) is 0.0642. The lowest BCUT2D eigenvalue weighted by Gasteiger charge is -2.23. The summed E-state index contributed by atoms with van der Waals surface area (Å²) in [5, 5.41) is 3.84. The summed E-state index contributed by atoms with van der Waals surface area (Å²) in [6.45, 7) is 1.31. The Hall–Kier alpha value is -0.330. The Morgan fingerprint density at radius 1 is 1.32 bits per heavy atom. The van der Waals surface area contributed by atoms with Crippen molar-refractivity contribution in [2.75, 3.05) is 13.1 Å². The van der Waals surface area contributed by atoms with E-state index in [0.29, 0.717) is 11.6 Å². The highest BCUT2D eigenvalue weighted by molar-refractivity contribution is 7.89. The SMILES string of the molecule is O=S(=O)(NC[C@@H]1CCCCN1)c1ccc(Cl)cc1Cl. The third kappa shape index (κ3) is 4.07. The molecule has 1 aliphatic heterocycles. The van der Waals surface area contributed by atoms with E-state index in [1.807, 2.05) is 0 Å². The van der Waals surface area contributed by atoms with E-state index >= 15 is 0 Å². The first-order chi connectivity index (χ1) is 8.99. The highest BCUT2D eigenvalue weighted by Gasteiger charge is 2.20. The third-order valence-corrected chi connectivity index (χ3v) is 5.26. The van der Waals surface area contributed by atoms with Crippen LogP contribution in [0, 0.1) is 0 Å². The van der Waals surface area contributed by atoms with E-state index in [2.05, 4.69) is 10.0 Å². The molecular formula is C12H16Cl2N2O2S. The minimum Gasteiger partial charge on any atom is -0.313 e. The highest BCUT2D eigenvalue weighted by Crippen LogP contribution is 2.24. The van der Waals surface area contributed by atoms with Crippen molar-refractivity contribution in [2.24, 2.45) is 0 Å². The molecule has 1 aliphatic rings. The fourth-order valence-corrected chi connectivity index (χ4v) is 3.93. The third-order valence-electron chi connectivity index (χ3n) is 3.12. The van der Waals surface area contributed by atoms with Gasteiger partial charge in [-0.3, -0.25) is 0 Å². The number of rotatable bonds is 4. The van der Waals surface area contributed by atoms with Gasteiger partial charge >= 0.3 is 0 Å². The first-order valence-corrected chi connectivity index (χ1v) is 8.41. The zero-order chi connectivity index (χ0) is 13.9. The summed E-state index contributed by atoms with van der Waals surface area (Å²) in [5.74, 6) is 0. The molecule has 0 radical (unpaired) electrons. The van der Waals surface area contributed by atoms with Crippen molar-refractivity contribution in [3.05, 3.63) is 28.2 Å². The molecule has 0 bridgehead atoms. The Morgan fingerprint density at radius 3 is 2.74 bits per heavy atom. The minimum atomic E-state index is -3.59. The van der Waals surface area contributed by atoms with Gasteiger partial charge in [-0.25, -0.2) is 13.1 Å². The van der Waals surface area contributed by atoms with Crippen LogP contribution in [0.15, 0.2) is 23.1 Å². The van der Waals surface area contributed by atoms with Gasteiger partial charge in [-0.1, -0.05) is 29.6 Å². The van der Waals surface area contributed by atoms with Crippen LogP contribution in [-0.4, -0.2) is 27.5 Å². The monoisotopic (exact) mass is 322 g/mol. The molecule has 19 heavy (non-hydrogen) atoms. The Morgan fingerprint density at radius 2 is 2.11 bits per heavy atom. The maximum atomic E-state index is 12.1. The Balaban J connectivity index is 2.05. The lowest BCUT2D eigenvalue weighted by molar-refractivity contribution is 0.398. The maximum absolute atomic E-state index is 12.1. The Kier molecular flexibility index (Phi) is 5.09. The first-order valence-electron chi connectivity index (χ1n) is 6.17. The molecule has 1 atom stereocenters. The molecule has 2 rings (SSSR count). The molecule has 106 valence electrons. The van der Waals surface area contributed by atoms with E-state index in [9.17, 15) is 8.42 Å². The average molecular weight is 323 g/mol. The van der Waals surface area contributed by atoms with Gasteiger partial charge in [-0.05, 0) is 37.6 Å². The van der Waals surface area contributed by atoms with Crippen molar-refractivity contribution >= 4 is 33.2 Å². The smallest absolute Gasteiger partial charge is 0.242 e. The molecule has 0 aromatic heterocycles. The zero-order valence-electron chi connectivity index (χ0n) is 10.3. The van der Waals surface area contributed by atoms with Crippen molar-refractivity contribution in [1.82, 2.24) is 10.0 Å². The van der Waals surface area contributed by atoms with Gasteiger partial charge < -0.3 is 5.32 Å². The summed E-state index contributed by atoms with van der Waals surface area (Å²) in [5.41, 5.74) is 0. The second kappa shape index (κ2) is 6.41. The highest BCUT2D eigenvalue weighted by atomic mass is 35.5. The molecule has 7 heteroatoms. The molecule has 1 saturated heterocycles. The Labute approximate surface area is 123 Å². The molecule has 0 unspecified atom stereocenters. The number of hydrogen-bond donors (Lipinski definition) is 2. The van der Waals surface area contributed by atoms with Crippen LogP contribution in [0.2, 0.25) is 10.0 Å². The van der Waals surface area contributed by atoms with Crippen LogP contribution in [0.3, 0.4) is 0 Å². The molecule has 0 amide bonds. The van der Waals surface area contributed by atoms with Crippen LogP contribution in [0.25, 0.3) is 0 Å². The van der Waals surface area contributed by atoms with Crippen molar-refractivity contribution in [2.45, 2.75) is 30.2 Å². The van der Waals surface area contributed by atoms with E-state index in [1.54, 1.807) is 0 Å². The molecule has 2 N–H and O–H groups in total. The number of benzene rings is 1. The lowest BCUT2D eigenvalue weighted by Crippen LogP contribution is -2.43. The predicted octanol–water partition coefficient (Wildman–Crippen LogP) is 2.41. The van der Waals surface area contributed by atoms with Crippen molar-refractivity contribution < 1.29 is 8.42 Å². The van der Waals surface area contributed by atoms with E-state index in [-0.39, 0.29) is 16.0 Å². The van der Waals surface area contributed by atoms with Gasteiger partial charge in [0.25, 0.3) is 0 Å². The Bertz CT molecular complexity index is 543. The lowest BCUT2D eigenvalue weighted by atomic mass is 10.1. The van der Waals surface area contributed by atoms with Crippen LogP contribution < -0.4 is 10.0 Å². The van der Waals surface area contributed by atoms with E-state index < -0.39 is 10.0 Å². The van der Waals surface area contributed by atoms with Crippen LogP contribution in [0.4, 0.5) is 0 Å². The van der Waals surface area contributed by atoms with Crippen LogP contribution in [0.5, 0.6) is 0 Å². The van der Waals surface area contributed by atoms with Crippen LogP contribution >= 0.6 is 23.2 Å². The molecule has 1 heterocycles. The summed E-state index contributed by atoms with van der Waals surface area (Å²) in [6.07, 6.45) is 3.25. The van der Waals surface area contributed by atoms with Crippen molar-refractivity contribution in [1.29, 1.82) is 0 Å². The normalized spacial score (nSPS) is 20.4. The number of halogens is 2. The van der Waals surface area contributed by atoms with Gasteiger partial charge in [-0.15, -0.1) is 0 Å². The second-order valence-corrected chi connectivity index (χ2v) is 7.15. The fourth-order valence-electron chi connectivity index (χ4n) is 2.08. The predicted molar refractivity (Wildman–Crippen MR) is 77.3 cm³/mol. The topological polar surface area (TPSA) is 58.2 Å². The van der Waals surface area contributed by atoms with Crippen LogP contribution in [-0.2, 0) is 10.0 Å². The summed E-state index contributed by atoms with van der Waals surface area (Å²) in [6, 6.07) is 4.55. The number of piperidine rings is 1. The van der Waals surface area contributed by atoms with Gasteiger partial charge in [0.2, 0.25) is 10.0 Å². The standard InChI is InChI=1S/C12H16Cl2N2O2S/c13-9-4-5-12(11(14)7-9)19(17,18)16-8-10-3-1-2-6-15-10/h4-5,7,10,15-16H,1-3,6,8H2/t10-/m0/s1. The van der Waals surface area contributed by atoms with E-state index in [4.69, 9.17) is 23.2 Å². The quantitative estimate of drug-likeness (QED) is 0.895. The average Bonchev–Trinajstić information content (AvgIpc) is 2.37. The number of nitrogens with one attached hydrogen (secondary N) is 2. The fraction of sp³-hybridized carbons (Fsp3) is 0.500. The molecule has 1 fully saturated rings. The molecular weight excluding hydrogens is 307 g/mol. The van der Waals surface area contributed by atoms with Crippen molar-refractivity contribution in [3.8, 4) is 0 Å². The maximum Gasteiger partial charge on any atom is 0.242 e. The van der Waals surface area contributed by atoms with E-state index in [1.165, 1.54) is 18.2 Å². The molecule has 1 aromatic rings.